The van der Waals surface area contributed by atoms with Crippen molar-refractivity contribution >= 4 is 17.6 Å². The first-order chi connectivity index (χ1) is 10.2. The minimum atomic E-state index is -0.430. The molecule has 0 bridgehead atoms. The Bertz CT molecular complexity index is 578. The SMILES string of the molecule is COCCOc1ccc(C(=O)Oc2ccc(Cl)cc2)cc1. The smallest absolute Gasteiger partial charge is 0.343 e. The van der Waals surface area contributed by atoms with Crippen LogP contribution in [-0.4, -0.2) is 26.3 Å². The van der Waals surface area contributed by atoms with Crippen LogP contribution in [0.1, 0.15) is 10.4 Å². The van der Waals surface area contributed by atoms with Gasteiger partial charge in [-0.1, -0.05) is 11.6 Å². The molecule has 21 heavy (non-hydrogen) atoms. The molecule has 2 rings (SSSR count). The highest BCUT2D eigenvalue weighted by molar-refractivity contribution is 6.30. The first-order valence-electron chi connectivity index (χ1n) is 6.38. The fraction of sp³-hybridized carbons (Fsp3) is 0.188. The zero-order valence-corrected chi connectivity index (χ0v) is 12.3. The number of carbonyl (C=O) groups excluding carboxylic acids is 1. The molecule has 0 N–H and O–H groups in total. The maximum atomic E-state index is 12.0. The lowest BCUT2D eigenvalue weighted by Crippen LogP contribution is -2.08. The second-order valence-corrected chi connectivity index (χ2v) is 4.65. The summed E-state index contributed by atoms with van der Waals surface area (Å²) in [5.41, 5.74) is 0.448. The summed E-state index contributed by atoms with van der Waals surface area (Å²) >= 11 is 5.77. The molecule has 2 aromatic rings. The Morgan fingerprint density at radius 2 is 1.57 bits per heavy atom. The molecular weight excluding hydrogens is 292 g/mol. The van der Waals surface area contributed by atoms with Crippen LogP contribution in [0.3, 0.4) is 0 Å². The largest absolute Gasteiger partial charge is 0.491 e. The van der Waals surface area contributed by atoms with Crippen molar-refractivity contribution in [3.05, 3.63) is 59.1 Å². The molecule has 0 radical (unpaired) electrons. The molecule has 0 aromatic heterocycles. The number of ether oxygens (including phenoxy) is 3. The van der Waals surface area contributed by atoms with E-state index in [0.29, 0.717) is 35.3 Å². The average Bonchev–Trinajstić information content (AvgIpc) is 2.50. The molecule has 0 spiro atoms. The maximum absolute atomic E-state index is 12.0. The molecule has 0 heterocycles. The number of benzene rings is 2. The van der Waals surface area contributed by atoms with Crippen LogP contribution in [0.15, 0.2) is 48.5 Å². The molecule has 0 atom stereocenters. The number of hydrogen-bond acceptors (Lipinski definition) is 4. The lowest BCUT2D eigenvalue weighted by molar-refractivity contribution is 0.0734. The lowest BCUT2D eigenvalue weighted by Gasteiger charge is -2.07. The van der Waals surface area contributed by atoms with Crippen molar-refractivity contribution in [2.45, 2.75) is 0 Å². The van der Waals surface area contributed by atoms with Gasteiger partial charge in [0, 0.05) is 12.1 Å². The summed E-state index contributed by atoms with van der Waals surface area (Å²) in [6.07, 6.45) is 0. The van der Waals surface area contributed by atoms with Crippen LogP contribution in [0.2, 0.25) is 5.02 Å². The zero-order valence-electron chi connectivity index (χ0n) is 11.5. The van der Waals surface area contributed by atoms with E-state index >= 15 is 0 Å². The third-order valence-corrected chi connectivity index (χ3v) is 2.92. The van der Waals surface area contributed by atoms with Crippen molar-refractivity contribution in [2.75, 3.05) is 20.3 Å². The normalized spacial score (nSPS) is 10.2. The van der Waals surface area contributed by atoms with Gasteiger partial charge in [-0.3, -0.25) is 0 Å². The van der Waals surface area contributed by atoms with E-state index in [4.69, 9.17) is 25.8 Å². The first-order valence-corrected chi connectivity index (χ1v) is 6.76. The Hall–Kier alpha value is -2.04. The van der Waals surface area contributed by atoms with Gasteiger partial charge in [0.15, 0.2) is 0 Å². The van der Waals surface area contributed by atoms with E-state index in [1.165, 1.54) is 0 Å². The number of halogens is 1. The highest BCUT2D eigenvalue weighted by Gasteiger charge is 2.08. The Morgan fingerprint density at radius 3 is 2.19 bits per heavy atom. The minimum absolute atomic E-state index is 0.430. The van der Waals surface area contributed by atoms with Gasteiger partial charge in [-0.05, 0) is 48.5 Å². The highest BCUT2D eigenvalue weighted by atomic mass is 35.5. The van der Waals surface area contributed by atoms with E-state index in [-0.39, 0.29) is 0 Å². The molecule has 110 valence electrons. The van der Waals surface area contributed by atoms with Crippen LogP contribution < -0.4 is 9.47 Å². The molecule has 0 aliphatic rings. The summed E-state index contributed by atoms with van der Waals surface area (Å²) in [6.45, 7) is 0.978. The third kappa shape index (κ3) is 4.77. The molecule has 0 unspecified atom stereocenters. The molecular formula is C16H15ClO4. The Labute approximate surface area is 128 Å². The van der Waals surface area contributed by atoms with Crippen LogP contribution >= 0.6 is 11.6 Å². The topological polar surface area (TPSA) is 44.8 Å². The minimum Gasteiger partial charge on any atom is -0.491 e. The molecule has 0 aliphatic heterocycles. The van der Waals surface area contributed by atoms with Crippen LogP contribution in [-0.2, 0) is 4.74 Å². The van der Waals surface area contributed by atoms with Gasteiger partial charge in [0.05, 0.1) is 12.2 Å². The quantitative estimate of drug-likeness (QED) is 0.465. The molecule has 0 saturated carbocycles. The number of methoxy groups -OCH3 is 1. The zero-order chi connectivity index (χ0) is 15.1. The van der Waals surface area contributed by atoms with E-state index in [1.54, 1.807) is 55.6 Å². The fourth-order valence-corrected chi connectivity index (χ4v) is 1.72. The lowest BCUT2D eigenvalue weighted by atomic mass is 10.2. The third-order valence-electron chi connectivity index (χ3n) is 2.67. The molecule has 0 aliphatic carbocycles. The summed E-state index contributed by atoms with van der Waals surface area (Å²) in [4.78, 5) is 12.0. The second kappa shape index (κ2) is 7.67. The fourth-order valence-electron chi connectivity index (χ4n) is 1.60. The number of hydrogen-bond donors (Lipinski definition) is 0. The van der Waals surface area contributed by atoms with E-state index < -0.39 is 5.97 Å². The Morgan fingerprint density at radius 1 is 0.952 bits per heavy atom. The Balaban J connectivity index is 1.94. The van der Waals surface area contributed by atoms with Crippen molar-refractivity contribution in [3.63, 3.8) is 0 Å². The van der Waals surface area contributed by atoms with E-state index in [0.717, 1.165) is 0 Å². The van der Waals surface area contributed by atoms with Crippen LogP contribution in [0.5, 0.6) is 11.5 Å². The molecule has 4 nitrogen and oxygen atoms in total. The Kier molecular flexibility index (Phi) is 5.60. The molecule has 2 aromatic carbocycles. The molecule has 0 amide bonds. The molecule has 5 heteroatoms. The number of carbonyl (C=O) groups is 1. The van der Waals surface area contributed by atoms with E-state index in [1.807, 2.05) is 0 Å². The van der Waals surface area contributed by atoms with Crippen molar-refractivity contribution in [1.29, 1.82) is 0 Å². The molecule has 0 saturated heterocycles. The summed E-state index contributed by atoms with van der Waals surface area (Å²) in [6, 6.07) is 13.3. The van der Waals surface area contributed by atoms with Gasteiger partial charge in [-0.15, -0.1) is 0 Å². The average molecular weight is 307 g/mol. The maximum Gasteiger partial charge on any atom is 0.343 e. The summed E-state index contributed by atoms with van der Waals surface area (Å²) in [5, 5.41) is 0.590. The second-order valence-electron chi connectivity index (χ2n) is 4.21. The van der Waals surface area contributed by atoms with Gasteiger partial charge < -0.3 is 14.2 Å². The van der Waals surface area contributed by atoms with Crippen molar-refractivity contribution in [2.24, 2.45) is 0 Å². The van der Waals surface area contributed by atoms with Crippen LogP contribution in [0, 0.1) is 0 Å². The van der Waals surface area contributed by atoms with Crippen LogP contribution in [0.25, 0.3) is 0 Å². The van der Waals surface area contributed by atoms with Gasteiger partial charge in [-0.25, -0.2) is 4.79 Å². The van der Waals surface area contributed by atoms with Crippen molar-refractivity contribution in [3.8, 4) is 11.5 Å². The van der Waals surface area contributed by atoms with Gasteiger partial charge >= 0.3 is 5.97 Å². The van der Waals surface area contributed by atoms with Gasteiger partial charge in [-0.2, -0.15) is 0 Å². The van der Waals surface area contributed by atoms with Gasteiger partial charge in [0.2, 0.25) is 0 Å². The summed E-state index contributed by atoms with van der Waals surface area (Å²) in [5.74, 6) is 0.695. The van der Waals surface area contributed by atoms with Crippen LogP contribution in [0.4, 0.5) is 0 Å². The standard InChI is InChI=1S/C16H15ClO4/c1-19-10-11-20-14-6-2-12(3-7-14)16(18)21-15-8-4-13(17)5-9-15/h2-9H,10-11H2,1H3. The predicted molar refractivity (Wildman–Crippen MR) is 80.2 cm³/mol. The molecule has 0 fully saturated rings. The van der Waals surface area contributed by atoms with Gasteiger partial charge in [0.25, 0.3) is 0 Å². The summed E-state index contributed by atoms with van der Waals surface area (Å²) < 4.78 is 15.5. The first kappa shape index (κ1) is 15.4. The monoisotopic (exact) mass is 306 g/mol. The van der Waals surface area contributed by atoms with Crippen molar-refractivity contribution < 1.29 is 19.0 Å². The number of esters is 1. The van der Waals surface area contributed by atoms with Crippen molar-refractivity contribution in [1.82, 2.24) is 0 Å². The summed E-state index contributed by atoms with van der Waals surface area (Å²) in [7, 11) is 1.61. The van der Waals surface area contributed by atoms with E-state index in [2.05, 4.69) is 0 Å². The van der Waals surface area contributed by atoms with E-state index in [9.17, 15) is 4.79 Å². The van der Waals surface area contributed by atoms with Gasteiger partial charge in [0.1, 0.15) is 18.1 Å². The highest BCUT2D eigenvalue weighted by Crippen LogP contribution is 2.18. The predicted octanol–water partition coefficient (Wildman–Crippen LogP) is 3.58. The number of rotatable bonds is 6.